The molecule has 1 aromatic carbocycles. The number of nitriles is 1. The zero-order chi connectivity index (χ0) is 16.0. The summed E-state index contributed by atoms with van der Waals surface area (Å²) in [5.74, 6) is 0.175. The first-order chi connectivity index (χ1) is 10.6. The number of sulfonamides is 1. The van der Waals surface area contributed by atoms with Gasteiger partial charge in [0.25, 0.3) is 0 Å². The molecule has 7 nitrogen and oxygen atoms in total. The van der Waals surface area contributed by atoms with E-state index in [1.165, 1.54) is 25.3 Å². The number of piperazine rings is 1. The van der Waals surface area contributed by atoms with Crippen molar-refractivity contribution in [1.29, 1.82) is 5.26 Å². The molecule has 0 saturated carbocycles. The number of nitrogens with one attached hydrogen (secondary N) is 2. The number of hydrogen-bond donors (Lipinski definition) is 2. The molecule has 1 saturated heterocycles. The minimum absolute atomic E-state index is 0.0503. The van der Waals surface area contributed by atoms with Gasteiger partial charge in [-0.3, -0.25) is 4.90 Å². The van der Waals surface area contributed by atoms with Gasteiger partial charge >= 0.3 is 0 Å². The normalized spacial score (nSPS) is 16.2. The molecule has 0 atom stereocenters. The Morgan fingerprint density at radius 3 is 2.77 bits per heavy atom. The number of nitrogens with zero attached hydrogens (tertiary/aromatic N) is 2. The van der Waals surface area contributed by atoms with Crippen molar-refractivity contribution in [3.63, 3.8) is 0 Å². The quantitative estimate of drug-likeness (QED) is 0.749. The molecule has 1 heterocycles. The second-order valence-electron chi connectivity index (χ2n) is 4.97. The van der Waals surface area contributed by atoms with Gasteiger partial charge in [0, 0.05) is 39.3 Å². The highest BCUT2D eigenvalue weighted by Crippen LogP contribution is 2.24. The van der Waals surface area contributed by atoms with E-state index in [4.69, 9.17) is 10.00 Å². The smallest absolute Gasteiger partial charge is 0.244 e. The molecule has 2 N–H and O–H groups in total. The van der Waals surface area contributed by atoms with Gasteiger partial charge in [-0.05, 0) is 18.2 Å². The Morgan fingerprint density at radius 2 is 2.14 bits per heavy atom. The average Bonchev–Trinajstić information content (AvgIpc) is 2.55. The molecular formula is C14H20N4O3S. The van der Waals surface area contributed by atoms with Crippen molar-refractivity contribution in [2.24, 2.45) is 0 Å². The Kier molecular flexibility index (Phi) is 5.74. The van der Waals surface area contributed by atoms with Gasteiger partial charge in [0.2, 0.25) is 10.0 Å². The summed E-state index contributed by atoms with van der Waals surface area (Å²) in [4.78, 5) is 2.25. The molecule has 0 amide bonds. The Hall–Kier alpha value is -1.66. The summed E-state index contributed by atoms with van der Waals surface area (Å²) in [6, 6.07) is 6.24. The van der Waals surface area contributed by atoms with E-state index in [9.17, 15) is 8.42 Å². The molecule has 8 heteroatoms. The fourth-order valence-electron chi connectivity index (χ4n) is 2.31. The standard InChI is InChI=1S/C14H20N4O3S/c1-21-13-10-12(11-15)2-3-14(13)22(19,20)17-6-9-18-7-4-16-5-8-18/h2-3,10,16-17H,4-9H2,1H3. The predicted octanol–water partition coefficient (Wildman–Crippen LogP) is -0.250. The molecule has 1 fully saturated rings. The van der Waals surface area contributed by atoms with Crippen LogP contribution in [0.2, 0.25) is 0 Å². The van der Waals surface area contributed by atoms with Crippen LogP contribution in [0.3, 0.4) is 0 Å². The van der Waals surface area contributed by atoms with Crippen LogP contribution in [0.4, 0.5) is 0 Å². The van der Waals surface area contributed by atoms with Gasteiger partial charge in [0.05, 0.1) is 18.7 Å². The highest BCUT2D eigenvalue weighted by Gasteiger charge is 2.20. The summed E-state index contributed by atoms with van der Waals surface area (Å²) >= 11 is 0. The number of ether oxygens (including phenoxy) is 1. The van der Waals surface area contributed by atoms with Crippen molar-refractivity contribution >= 4 is 10.0 Å². The lowest BCUT2D eigenvalue weighted by Crippen LogP contribution is -2.46. The van der Waals surface area contributed by atoms with Gasteiger partial charge in [-0.1, -0.05) is 0 Å². The summed E-state index contributed by atoms with van der Waals surface area (Å²) in [6.07, 6.45) is 0. The molecule has 22 heavy (non-hydrogen) atoms. The Morgan fingerprint density at radius 1 is 1.41 bits per heavy atom. The van der Waals surface area contributed by atoms with Gasteiger partial charge in [-0.2, -0.15) is 5.26 Å². The Bertz CT molecular complexity index is 649. The van der Waals surface area contributed by atoms with Crippen LogP contribution in [0.25, 0.3) is 0 Å². The van der Waals surface area contributed by atoms with Crippen molar-refractivity contribution in [2.75, 3.05) is 46.4 Å². The predicted molar refractivity (Wildman–Crippen MR) is 82.2 cm³/mol. The van der Waals surface area contributed by atoms with E-state index in [0.29, 0.717) is 18.7 Å². The lowest BCUT2D eigenvalue weighted by atomic mass is 10.2. The molecule has 2 rings (SSSR count). The third kappa shape index (κ3) is 4.18. The molecule has 0 aliphatic carbocycles. The minimum Gasteiger partial charge on any atom is -0.495 e. The number of benzene rings is 1. The van der Waals surface area contributed by atoms with Gasteiger partial charge in [-0.15, -0.1) is 0 Å². The van der Waals surface area contributed by atoms with E-state index >= 15 is 0 Å². The van der Waals surface area contributed by atoms with Crippen LogP contribution in [-0.4, -0.2) is 59.7 Å². The Labute approximate surface area is 130 Å². The van der Waals surface area contributed by atoms with E-state index in [2.05, 4.69) is 14.9 Å². The number of hydrogen-bond acceptors (Lipinski definition) is 6. The minimum atomic E-state index is -3.66. The fourth-order valence-corrected chi connectivity index (χ4v) is 3.48. The monoisotopic (exact) mass is 324 g/mol. The molecule has 0 bridgehead atoms. The average molecular weight is 324 g/mol. The topological polar surface area (TPSA) is 94.5 Å². The third-order valence-electron chi connectivity index (χ3n) is 3.51. The largest absolute Gasteiger partial charge is 0.495 e. The lowest BCUT2D eigenvalue weighted by molar-refractivity contribution is 0.245. The van der Waals surface area contributed by atoms with Crippen LogP contribution < -0.4 is 14.8 Å². The maximum Gasteiger partial charge on any atom is 0.244 e. The van der Waals surface area contributed by atoms with Gasteiger partial charge in [0.1, 0.15) is 10.6 Å². The van der Waals surface area contributed by atoms with Crippen LogP contribution in [0.1, 0.15) is 5.56 Å². The van der Waals surface area contributed by atoms with E-state index in [0.717, 1.165) is 26.2 Å². The van der Waals surface area contributed by atoms with E-state index in [1.54, 1.807) is 0 Å². The SMILES string of the molecule is COc1cc(C#N)ccc1S(=O)(=O)NCCN1CCNCC1. The van der Waals surface area contributed by atoms with Gasteiger partial charge < -0.3 is 10.1 Å². The summed E-state index contributed by atoms with van der Waals surface area (Å²) in [7, 11) is -2.27. The first-order valence-electron chi connectivity index (χ1n) is 7.07. The first kappa shape index (κ1) is 16.7. The maximum absolute atomic E-state index is 12.3. The van der Waals surface area contributed by atoms with Crippen LogP contribution in [0, 0.1) is 11.3 Å². The van der Waals surface area contributed by atoms with E-state index < -0.39 is 10.0 Å². The van der Waals surface area contributed by atoms with Crippen LogP contribution in [-0.2, 0) is 10.0 Å². The molecule has 1 aliphatic heterocycles. The summed E-state index contributed by atoms with van der Waals surface area (Å²) < 4.78 is 32.4. The molecule has 0 unspecified atom stereocenters. The number of rotatable bonds is 6. The van der Waals surface area contributed by atoms with Crippen LogP contribution in [0.15, 0.2) is 23.1 Å². The highest BCUT2D eigenvalue weighted by atomic mass is 32.2. The molecule has 1 aliphatic rings. The van der Waals surface area contributed by atoms with Crippen molar-refractivity contribution in [3.8, 4) is 11.8 Å². The summed E-state index contributed by atoms with van der Waals surface area (Å²) in [5, 5.41) is 12.1. The summed E-state index contributed by atoms with van der Waals surface area (Å²) in [5.41, 5.74) is 0.358. The van der Waals surface area contributed by atoms with E-state index in [1.807, 2.05) is 6.07 Å². The Balaban J connectivity index is 2.02. The third-order valence-corrected chi connectivity index (χ3v) is 5.01. The molecular weight excluding hydrogens is 304 g/mol. The molecule has 0 radical (unpaired) electrons. The highest BCUT2D eigenvalue weighted by molar-refractivity contribution is 7.89. The molecule has 120 valence electrons. The zero-order valence-electron chi connectivity index (χ0n) is 12.5. The van der Waals surface area contributed by atoms with E-state index in [-0.39, 0.29) is 10.6 Å². The van der Waals surface area contributed by atoms with Gasteiger partial charge in [-0.25, -0.2) is 13.1 Å². The van der Waals surface area contributed by atoms with Gasteiger partial charge in [0.15, 0.2) is 0 Å². The molecule has 0 spiro atoms. The lowest BCUT2D eigenvalue weighted by Gasteiger charge is -2.27. The zero-order valence-corrected chi connectivity index (χ0v) is 13.3. The van der Waals surface area contributed by atoms with Crippen LogP contribution >= 0.6 is 0 Å². The van der Waals surface area contributed by atoms with Crippen molar-refractivity contribution in [2.45, 2.75) is 4.90 Å². The van der Waals surface area contributed by atoms with Crippen LogP contribution in [0.5, 0.6) is 5.75 Å². The summed E-state index contributed by atoms with van der Waals surface area (Å²) in [6.45, 7) is 4.70. The van der Waals surface area contributed by atoms with Crippen molar-refractivity contribution < 1.29 is 13.2 Å². The first-order valence-corrected chi connectivity index (χ1v) is 8.56. The molecule has 0 aromatic heterocycles. The fraction of sp³-hybridized carbons (Fsp3) is 0.500. The second-order valence-corrected chi connectivity index (χ2v) is 6.70. The maximum atomic E-state index is 12.3. The van der Waals surface area contributed by atoms with Crippen molar-refractivity contribution in [1.82, 2.24) is 14.9 Å². The molecule has 1 aromatic rings. The number of methoxy groups -OCH3 is 1. The second kappa shape index (κ2) is 7.56. The van der Waals surface area contributed by atoms with Crippen molar-refractivity contribution in [3.05, 3.63) is 23.8 Å².